The smallest absolute Gasteiger partial charge is 0.269 e. The lowest BCUT2D eigenvalue weighted by Gasteiger charge is -1.95. The van der Waals surface area contributed by atoms with Gasteiger partial charge in [0.05, 0.1) is 0 Å². The van der Waals surface area contributed by atoms with Crippen molar-refractivity contribution in [3.8, 4) is 11.4 Å². The van der Waals surface area contributed by atoms with Crippen LogP contribution >= 0.6 is 22.9 Å². The van der Waals surface area contributed by atoms with Crippen LogP contribution in [0.15, 0.2) is 45.6 Å². The van der Waals surface area contributed by atoms with Gasteiger partial charge in [-0.15, -0.1) is 0 Å². The topological polar surface area (TPSA) is 38.9 Å². The molecule has 0 N–H and O–H groups in total. The van der Waals surface area contributed by atoms with Crippen LogP contribution in [0.4, 0.5) is 0 Å². The molecule has 0 spiro atoms. The first-order chi connectivity index (χ1) is 9.72. The highest BCUT2D eigenvalue weighted by Gasteiger charge is 2.11. The first-order valence-electron chi connectivity index (χ1n) is 6.03. The third-order valence-electron chi connectivity index (χ3n) is 2.78. The third-order valence-corrected chi connectivity index (χ3v) is 3.73. The van der Waals surface area contributed by atoms with Crippen LogP contribution in [0, 0.1) is 6.92 Å². The normalized spacial score (nSPS) is 11.8. The number of halogens is 1. The molecule has 1 aromatic carbocycles. The standard InChI is InChI=1S/C15H11ClN2OS/c1-10-2-4-11(5-3-10)8-13(16)15-17-14(18-19-15)12-6-7-20-9-12/h2-9H,1H3. The summed E-state index contributed by atoms with van der Waals surface area (Å²) >= 11 is 7.81. The molecule has 3 aromatic rings. The predicted molar refractivity (Wildman–Crippen MR) is 82.5 cm³/mol. The molecule has 0 aliphatic heterocycles. The second-order valence-corrected chi connectivity index (χ2v) is 5.53. The highest BCUT2D eigenvalue weighted by Crippen LogP contribution is 2.24. The van der Waals surface area contributed by atoms with Crippen molar-refractivity contribution in [2.45, 2.75) is 6.92 Å². The Hall–Kier alpha value is -1.91. The Balaban J connectivity index is 1.87. The maximum absolute atomic E-state index is 6.22. The van der Waals surface area contributed by atoms with Crippen LogP contribution in [0.3, 0.4) is 0 Å². The molecule has 2 aromatic heterocycles. The Kier molecular flexibility index (Phi) is 3.67. The van der Waals surface area contributed by atoms with E-state index in [1.165, 1.54) is 5.56 Å². The van der Waals surface area contributed by atoms with Gasteiger partial charge in [0.1, 0.15) is 5.03 Å². The lowest BCUT2D eigenvalue weighted by Crippen LogP contribution is -1.80. The summed E-state index contributed by atoms with van der Waals surface area (Å²) < 4.78 is 5.19. The van der Waals surface area contributed by atoms with Crippen LogP contribution < -0.4 is 0 Å². The van der Waals surface area contributed by atoms with Gasteiger partial charge >= 0.3 is 0 Å². The first-order valence-corrected chi connectivity index (χ1v) is 7.35. The molecule has 0 aliphatic carbocycles. The van der Waals surface area contributed by atoms with Crippen LogP contribution in [-0.2, 0) is 0 Å². The van der Waals surface area contributed by atoms with Gasteiger partial charge in [0.2, 0.25) is 5.82 Å². The SMILES string of the molecule is Cc1ccc(C=C(Cl)c2nc(-c3ccsc3)no2)cc1. The molecule has 0 fully saturated rings. The van der Waals surface area contributed by atoms with Crippen molar-refractivity contribution in [1.82, 2.24) is 10.1 Å². The molecule has 0 saturated carbocycles. The van der Waals surface area contributed by atoms with Gasteiger partial charge in [0.25, 0.3) is 5.89 Å². The van der Waals surface area contributed by atoms with Gasteiger partial charge in [-0.2, -0.15) is 16.3 Å². The van der Waals surface area contributed by atoms with Gasteiger partial charge in [0.15, 0.2) is 0 Å². The van der Waals surface area contributed by atoms with Crippen molar-refractivity contribution in [1.29, 1.82) is 0 Å². The molecule has 3 rings (SSSR count). The zero-order valence-electron chi connectivity index (χ0n) is 10.7. The number of aryl methyl sites for hydroxylation is 1. The Bertz CT molecular complexity index is 730. The summed E-state index contributed by atoms with van der Waals surface area (Å²) in [5.74, 6) is 0.880. The quantitative estimate of drug-likeness (QED) is 0.694. The number of nitrogens with zero attached hydrogens (tertiary/aromatic N) is 2. The molecule has 0 bridgehead atoms. The molecule has 0 radical (unpaired) electrons. The summed E-state index contributed by atoms with van der Waals surface area (Å²) in [6.07, 6.45) is 1.81. The van der Waals surface area contributed by atoms with Crippen molar-refractivity contribution in [2.24, 2.45) is 0 Å². The van der Waals surface area contributed by atoms with Crippen molar-refractivity contribution >= 4 is 34.0 Å². The Morgan fingerprint density at radius 1 is 1.25 bits per heavy atom. The maximum Gasteiger partial charge on any atom is 0.269 e. The van der Waals surface area contributed by atoms with E-state index in [0.717, 1.165) is 11.1 Å². The minimum absolute atomic E-state index is 0.327. The number of rotatable bonds is 3. The van der Waals surface area contributed by atoms with E-state index < -0.39 is 0 Å². The van der Waals surface area contributed by atoms with E-state index in [0.29, 0.717) is 16.7 Å². The minimum atomic E-state index is 0.327. The summed E-state index contributed by atoms with van der Waals surface area (Å²) in [4.78, 5) is 4.30. The fourth-order valence-electron chi connectivity index (χ4n) is 1.70. The lowest BCUT2D eigenvalue weighted by molar-refractivity contribution is 0.410. The fraction of sp³-hybridized carbons (Fsp3) is 0.0667. The highest BCUT2D eigenvalue weighted by atomic mass is 35.5. The highest BCUT2D eigenvalue weighted by molar-refractivity contribution is 7.08. The van der Waals surface area contributed by atoms with Crippen LogP contribution in [0.25, 0.3) is 22.5 Å². The fourth-order valence-corrected chi connectivity index (χ4v) is 2.54. The maximum atomic E-state index is 6.22. The van der Waals surface area contributed by atoms with E-state index in [4.69, 9.17) is 16.1 Å². The van der Waals surface area contributed by atoms with Crippen molar-refractivity contribution in [3.05, 3.63) is 58.1 Å². The summed E-state index contributed by atoms with van der Waals surface area (Å²) in [7, 11) is 0. The van der Waals surface area contributed by atoms with Crippen molar-refractivity contribution < 1.29 is 4.52 Å². The third kappa shape index (κ3) is 2.81. The molecule has 0 aliphatic rings. The molecule has 0 amide bonds. The zero-order valence-corrected chi connectivity index (χ0v) is 12.3. The summed E-state index contributed by atoms with van der Waals surface area (Å²) in [6.45, 7) is 2.04. The van der Waals surface area contributed by atoms with E-state index in [1.54, 1.807) is 11.3 Å². The van der Waals surface area contributed by atoms with E-state index in [2.05, 4.69) is 10.1 Å². The Labute approximate surface area is 125 Å². The lowest BCUT2D eigenvalue weighted by atomic mass is 10.1. The van der Waals surface area contributed by atoms with Crippen LogP contribution in [0.2, 0.25) is 0 Å². The molecule has 0 atom stereocenters. The van der Waals surface area contributed by atoms with Crippen LogP contribution in [0.5, 0.6) is 0 Å². The summed E-state index contributed by atoms with van der Waals surface area (Å²) in [6, 6.07) is 9.99. The van der Waals surface area contributed by atoms with Gasteiger partial charge in [-0.3, -0.25) is 0 Å². The van der Waals surface area contributed by atoms with Gasteiger partial charge in [-0.05, 0) is 30.0 Å². The van der Waals surface area contributed by atoms with Crippen molar-refractivity contribution in [3.63, 3.8) is 0 Å². The summed E-state index contributed by atoms with van der Waals surface area (Å²) in [5.41, 5.74) is 3.14. The molecule has 0 saturated heterocycles. The van der Waals surface area contributed by atoms with Gasteiger partial charge < -0.3 is 4.52 Å². The van der Waals surface area contributed by atoms with Gasteiger partial charge in [0, 0.05) is 10.9 Å². The molecular weight excluding hydrogens is 292 g/mol. The zero-order chi connectivity index (χ0) is 13.9. The van der Waals surface area contributed by atoms with E-state index in [1.807, 2.05) is 54.1 Å². The van der Waals surface area contributed by atoms with E-state index in [-0.39, 0.29) is 0 Å². The van der Waals surface area contributed by atoms with Gasteiger partial charge in [-0.25, -0.2) is 0 Å². The first kappa shape index (κ1) is 13.1. The molecule has 20 heavy (non-hydrogen) atoms. The largest absolute Gasteiger partial charge is 0.333 e. The second-order valence-electron chi connectivity index (χ2n) is 4.34. The summed E-state index contributed by atoms with van der Waals surface area (Å²) in [5, 5.41) is 8.30. The minimum Gasteiger partial charge on any atom is -0.333 e. The molecule has 100 valence electrons. The Morgan fingerprint density at radius 3 is 2.75 bits per heavy atom. The number of hydrogen-bond donors (Lipinski definition) is 0. The number of thiophene rings is 1. The molecule has 2 heterocycles. The molecular formula is C15H11ClN2OS. The van der Waals surface area contributed by atoms with Gasteiger partial charge in [-0.1, -0.05) is 46.6 Å². The van der Waals surface area contributed by atoms with Crippen LogP contribution in [0.1, 0.15) is 17.0 Å². The average molecular weight is 303 g/mol. The average Bonchev–Trinajstić information content (AvgIpc) is 3.11. The molecule has 5 heteroatoms. The van der Waals surface area contributed by atoms with E-state index in [9.17, 15) is 0 Å². The van der Waals surface area contributed by atoms with Crippen LogP contribution in [-0.4, -0.2) is 10.1 Å². The molecule has 3 nitrogen and oxygen atoms in total. The number of hydrogen-bond acceptors (Lipinski definition) is 4. The monoisotopic (exact) mass is 302 g/mol. The van der Waals surface area contributed by atoms with E-state index >= 15 is 0 Å². The predicted octanol–water partition coefficient (Wildman–Crippen LogP) is 4.84. The number of benzene rings is 1. The number of aromatic nitrogens is 2. The second kappa shape index (κ2) is 5.61. The van der Waals surface area contributed by atoms with Crippen molar-refractivity contribution in [2.75, 3.05) is 0 Å². The Morgan fingerprint density at radius 2 is 2.05 bits per heavy atom. The molecule has 0 unspecified atom stereocenters.